The highest BCUT2D eigenvalue weighted by molar-refractivity contribution is 5.44. The van der Waals surface area contributed by atoms with Gasteiger partial charge in [-0.2, -0.15) is 0 Å². The van der Waals surface area contributed by atoms with Crippen molar-refractivity contribution in [2.75, 3.05) is 0 Å². The number of aryl methyl sites for hydroxylation is 2. The third kappa shape index (κ3) is 1.52. The summed E-state index contributed by atoms with van der Waals surface area (Å²) in [4.78, 5) is 0. The van der Waals surface area contributed by atoms with Crippen LogP contribution in [0.2, 0.25) is 0 Å². The Morgan fingerprint density at radius 3 is 2.93 bits per heavy atom. The van der Waals surface area contributed by atoms with Gasteiger partial charge in [-0.1, -0.05) is 6.92 Å². The first kappa shape index (κ1) is 9.57. The molecule has 1 aliphatic rings. The molecule has 0 amide bonds. The van der Waals surface area contributed by atoms with Gasteiger partial charge in [-0.25, -0.2) is 0 Å². The van der Waals surface area contributed by atoms with E-state index < -0.39 is 0 Å². The van der Waals surface area contributed by atoms with Gasteiger partial charge in [0.2, 0.25) is 0 Å². The van der Waals surface area contributed by atoms with E-state index in [1.54, 1.807) is 0 Å². The van der Waals surface area contributed by atoms with Crippen molar-refractivity contribution < 1.29 is 5.11 Å². The van der Waals surface area contributed by atoms with Crippen LogP contribution in [0.5, 0.6) is 5.75 Å². The molecule has 1 aliphatic carbocycles. The highest BCUT2D eigenvalue weighted by atomic mass is 16.3. The van der Waals surface area contributed by atoms with Crippen molar-refractivity contribution in [1.29, 1.82) is 0 Å². The summed E-state index contributed by atoms with van der Waals surface area (Å²) < 4.78 is 0. The first-order valence-electron chi connectivity index (χ1n) is 5.54. The number of rotatable bonds is 1. The number of hydrogen-bond donors (Lipinski definition) is 1. The molecule has 1 nitrogen and oxygen atoms in total. The fourth-order valence-electron chi connectivity index (χ4n) is 2.73. The first-order chi connectivity index (χ1) is 6.72. The quantitative estimate of drug-likeness (QED) is 0.718. The first-order valence-corrected chi connectivity index (χ1v) is 5.54. The molecule has 0 saturated heterocycles. The molecule has 14 heavy (non-hydrogen) atoms. The van der Waals surface area contributed by atoms with E-state index in [9.17, 15) is 5.11 Å². The highest BCUT2D eigenvalue weighted by Gasteiger charge is 2.20. The van der Waals surface area contributed by atoms with Crippen molar-refractivity contribution in [1.82, 2.24) is 0 Å². The van der Waals surface area contributed by atoms with Crippen LogP contribution in [0.25, 0.3) is 0 Å². The number of fused-ring (bicyclic) bond motifs is 1. The summed E-state index contributed by atoms with van der Waals surface area (Å²) in [5.74, 6) is 1.15. The Morgan fingerprint density at radius 1 is 1.43 bits per heavy atom. The Kier molecular flexibility index (Phi) is 2.49. The molecule has 1 N–H and O–H groups in total. The van der Waals surface area contributed by atoms with Crippen molar-refractivity contribution in [3.63, 3.8) is 0 Å². The van der Waals surface area contributed by atoms with Crippen molar-refractivity contribution in [2.45, 2.75) is 45.4 Å². The molecule has 0 bridgehead atoms. The van der Waals surface area contributed by atoms with Crippen LogP contribution >= 0.6 is 0 Å². The lowest BCUT2D eigenvalue weighted by molar-refractivity contribution is 0.469. The summed E-state index contributed by atoms with van der Waals surface area (Å²) in [6, 6.07) is 3.84. The molecule has 0 fully saturated rings. The summed E-state index contributed by atoms with van der Waals surface area (Å²) >= 11 is 0. The van der Waals surface area contributed by atoms with E-state index in [4.69, 9.17) is 0 Å². The zero-order valence-corrected chi connectivity index (χ0v) is 9.01. The van der Waals surface area contributed by atoms with Crippen LogP contribution < -0.4 is 0 Å². The third-order valence-electron chi connectivity index (χ3n) is 3.36. The van der Waals surface area contributed by atoms with Gasteiger partial charge in [0.15, 0.2) is 0 Å². The van der Waals surface area contributed by atoms with Crippen molar-refractivity contribution in [3.8, 4) is 5.75 Å². The monoisotopic (exact) mass is 190 g/mol. The van der Waals surface area contributed by atoms with Crippen LogP contribution in [0.1, 0.15) is 48.8 Å². The molecule has 1 unspecified atom stereocenters. The maximum atomic E-state index is 9.53. The smallest absolute Gasteiger partial charge is 0.116 e. The van der Waals surface area contributed by atoms with Crippen LogP contribution in [0.3, 0.4) is 0 Å². The van der Waals surface area contributed by atoms with E-state index in [0.29, 0.717) is 5.75 Å². The predicted octanol–water partition coefficient (Wildman–Crippen LogP) is 3.53. The number of hydrogen-bond acceptors (Lipinski definition) is 1. The number of benzene rings is 1. The van der Waals surface area contributed by atoms with Crippen LogP contribution in [0, 0.1) is 6.92 Å². The van der Waals surface area contributed by atoms with Crippen molar-refractivity contribution in [3.05, 3.63) is 28.8 Å². The van der Waals surface area contributed by atoms with E-state index in [1.165, 1.54) is 36.0 Å². The minimum atomic E-state index is 0.429. The van der Waals surface area contributed by atoms with E-state index in [-0.39, 0.29) is 0 Å². The van der Waals surface area contributed by atoms with Gasteiger partial charge >= 0.3 is 0 Å². The van der Waals surface area contributed by atoms with Gasteiger partial charge < -0.3 is 5.11 Å². The lowest BCUT2D eigenvalue weighted by Gasteiger charge is -2.26. The van der Waals surface area contributed by atoms with Gasteiger partial charge in [-0.05, 0) is 67.3 Å². The van der Waals surface area contributed by atoms with Crippen molar-refractivity contribution >= 4 is 0 Å². The zero-order valence-electron chi connectivity index (χ0n) is 9.01. The molecule has 1 aromatic carbocycles. The Morgan fingerprint density at radius 2 is 2.21 bits per heavy atom. The Balaban J connectivity index is 2.51. The molecule has 2 rings (SSSR count). The average molecular weight is 190 g/mol. The normalized spacial score (nSPS) is 20.6. The summed E-state index contributed by atoms with van der Waals surface area (Å²) in [5, 5.41) is 9.53. The van der Waals surface area contributed by atoms with Gasteiger partial charge in [-0.15, -0.1) is 0 Å². The molecule has 0 saturated carbocycles. The molecular formula is C13H18O. The second-order valence-electron chi connectivity index (χ2n) is 4.33. The molecule has 1 atom stereocenters. The molecular weight excluding hydrogens is 172 g/mol. The van der Waals surface area contributed by atoms with Gasteiger partial charge in [0, 0.05) is 0 Å². The molecule has 0 aliphatic heterocycles. The third-order valence-corrected chi connectivity index (χ3v) is 3.36. The van der Waals surface area contributed by atoms with Gasteiger partial charge in [-0.3, -0.25) is 0 Å². The standard InChI is InChI=1S/C13H18O/c1-3-10-5-4-6-11-8-12(14)7-9(2)13(10)11/h7-8,10,14H,3-6H2,1-2H3. The van der Waals surface area contributed by atoms with Crippen LogP contribution in [-0.4, -0.2) is 5.11 Å². The number of aromatic hydroxyl groups is 1. The van der Waals surface area contributed by atoms with Gasteiger partial charge in [0.25, 0.3) is 0 Å². The Hall–Kier alpha value is -0.980. The van der Waals surface area contributed by atoms with Gasteiger partial charge in [0.05, 0.1) is 0 Å². The van der Waals surface area contributed by atoms with E-state index in [2.05, 4.69) is 13.8 Å². The highest BCUT2D eigenvalue weighted by Crippen LogP contribution is 2.37. The van der Waals surface area contributed by atoms with E-state index >= 15 is 0 Å². The maximum absolute atomic E-state index is 9.53. The molecule has 76 valence electrons. The minimum Gasteiger partial charge on any atom is -0.508 e. The zero-order chi connectivity index (χ0) is 10.1. The molecule has 0 aromatic heterocycles. The summed E-state index contributed by atoms with van der Waals surface area (Å²) in [7, 11) is 0. The van der Waals surface area contributed by atoms with E-state index in [0.717, 1.165) is 12.3 Å². The van der Waals surface area contributed by atoms with Crippen LogP contribution in [0.4, 0.5) is 0 Å². The average Bonchev–Trinajstić information content (AvgIpc) is 2.16. The van der Waals surface area contributed by atoms with E-state index in [1.807, 2.05) is 12.1 Å². The maximum Gasteiger partial charge on any atom is 0.116 e. The Bertz CT molecular complexity index is 341. The molecule has 0 spiro atoms. The number of phenols is 1. The number of phenolic OH excluding ortho intramolecular Hbond substituents is 1. The van der Waals surface area contributed by atoms with Crippen molar-refractivity contribution in [2.24, 2.45) is 0 Å². The van der Waals surface area contributed by atoms with Crippen LogP contribution in [-0.2, 0) is 6.42 Å². The molecule has 0 radical (unpaired) electrons. The second-order valence-corrected chi connectivity index (χ2v) is 4.33. The fourth-order valence-corrected chi connectivity index (χ4v) is 2.73. The molecule has 1 aromatic rings. The Labute approximate surface area is 85.8 Å². The largest absolute Gasteiger partial charge is 0.508 e. The molecule has 1 heteroatoms. The second kappa shape index (κ2) is 3.64. The van der Waals surface area contributed by atoms with Crippen LogP contribution in [0.15, 0.2) is 12.1 Å². The summed E-state index contributed by atoms with van der Waals surface area (Å²) in [6.07, 6.45) is 4.95. The SMILES string of the molecule is CCC1CCCc2cc(O)cc(C)c21. The summed E-state index contributed by atoms with van der Waals surface area (Å²) in [6.45, 7) is 4.37. The summed E-state index contributed by atoms with van der Waals surface area (Å²) in [5.41, 5.74) is 4.16. The minimum absolute atomic E-state index is 0.429. The van der Waals surface area contributed by atoms with Gasteiger partial charge in [0.1, 0.15) is 5.75 Å². The lowest BCUT2D eigenvalue weighted by Crippen LogP contribution is -2.10. The lowest BCUT2D eigenvalue weighted by atomic mass is 9.79. The predicted molar refractivity (Wildman–Crippen MR) is 58.8 cm³/mol. The molecule has 0 heterocycles. The fraction of sp³-hybridized carbons (Fsp3) is 0.538. The topological polar surface area (TPSA) is 20.2 Å².